The number of fused-ring (bicyclic) bond motifs is 4. The number of halogens is 1. The standard InChI is InChI=1S/C20H15BrN4O3S/c21-11-1-3-14-13(7-11)18-19(25-14)20(23-10-22-18)29-9-17(26)24-12-2-4-15-16(8-12)28-6-5-27-15/h1-4,7-8,10,25H,5-6,9H2,(H,24,26). The summed E-state index contributed by atoms with van der Waals surface area (Å²) in [5.41, 5.74) is 3.32. The van der Waals surface area contributed by atoms with Gasteiger partial charge in [-0.15, -0.1) is 0 Å². The summed E-state index contributed by atoms with van der Waals surface area (Å²) >= 11 is 4.86. The SMILES string of the molecule is O=C(CSc1ncnc2c1[nH]c1ccc(Br)cc12)Nc1ccc2c(c1)OCCO2. The minimum Gasteiger partial charge on any atom is -0.486 e. The Kier molecular flexibility index (Phi) is 4.76. The van der Waals surface area contributed by atoms with Crippen molar-refractivity contribution in [1.29, 1.82) is 0 Å². The van der Waals surface area contributed by atoms with E-state index in [2.05, 4.69) is 36.2 Å². The second kappa shape index (κ2) is 7.57. The zero-order valence-electron chi connectivity index (χ0n) is 15.1. The molecule has 1 aliphatic rings. The van der Waals surface area contributed by atoms with E-state index >= 15 is 0 Å². The number of thioether (sulfide) groups is 1. The molecule has 0 bridgehead atoms. The Morgan fingerprint density at radius 1 is 1.14 bits per heavy atom. The monoisotopic (exact) mass is 470 g/mol. The average molecular weight is 471 g/mol. The number of hydrogen-bond acceptors (Lipinski definition) is 6. The van der Waals surface area contributed by atoms with Crippen LogP contribution in [0.5, 0.6) is 11.5 Å². The molecule has 1 amide bonds. The van der Waals surface area contributed by atoms with Crippen LogP contribution in [0.3, 0.4) is 0 Å². The van der Waals surface area contributed by atoms with Gasteiger partial charge in [-0.05, 0) is 30.3 Å². The first-order valence-corrected chi connectivity index (χ1v) is 10.7. The Bertz CT molecular complexity index is 1240. The smallest absolute Gasteiger partial charge is 0.234 e. The molecule has 0 unspecified atom stereocenters. The summed E-state index contributed by atoms with van der Waals surface area (Å²) in [5.74, 6) is 1.43. The Morgan fingerprint density at radius 2 is 2.00 bits per heavy atom. The molecule has 5 rings (SSSR count). The number of aromatic amines is 1. The summed E-state index contributed by atoms with van der Waals surface area (Å²) in [6.07, 6.45) is 1.53. The molecule has 2 aromatic heterocycles. The number of benzene rings is 2. The maximum atomic E-state index is 12.4. The van der Waals surface area contributed by atoms with Gasteiger partial charge in [-0.25, -0.2) is 9.97 Å². The summed E-state index contributed by atoms with van der Waals surface area (Å²) in [5, 5.41) is 4.64. The molecule has 2 N–H and O–H groups in total. The van der Waals surface area contributed by atoms with Crippen LogP contribution in [0.2, 0.25) is 0 Å². The van der Waals surface area contributed by atoms with Gasteiger partial charge in [0, 0.05) is 27.1 Å². The van der Waals surface area contributed by atoms with Crippen molar-refractivity contribution in [2.75, 3.05) is 24.3 Å². The van der Waals surface area contributed by atoms with Crippen molar-refractivity contribution < 1.29 is 14.3 Å². The molecule has 0 aliphatic carbocycles. The lowest BCUT2D eigenvalue weighted by molar-refractivity contribution is -0.113. The number of carbonyl (C=O) groups is 1. The molecule has 4 aromatic rings. The zero-order valence-corrected chi connectivity index (χ0v) is 17.5. The zero-order chi connectivity index (χ0) is 19.8. The molecule has 0 atom stereocenters. The molecule has 0 radical (unpaired) electrons. The molecule has 3 heterocycles. The fourth-order valence-corrected chi connectivity index (χ4v) is 4.32. The molecule has 7 nitrogen and oxygen atoms in total. The van der Waals surface area contributed by atoms with Crippen LogP contribution in [-0.4, -0.2) is 39.8 Å². The van der Waals surface area contributed by atoms with Gasteiger partial charge >= 0.3 is 0 Å². The van der Waals surface area contributed by atoms with Gasteiger partial charge in [0.1, 0.15) is 30.1 Å². The van der Waals surface area contributed by atoms with E-state index in [9.17, 15) is 4.79 Å². The lowest BCUT2D eigenvalue weighted by atomic mass is 10.2. The molecular weight excluding hydrogens is 456 g/mol. The fourth-order valence-electron chi connectivity index (χ4n) is 3.20. The molecule has 1 aliphatic heterocycles. The number of amides is 1. The van der Waals surface area contributed by atoms with Crippen molar-refractivity contribution in [3.63, 3.8) is 0 Å². The first-order valence-electron chi connectivity index (χ1n) is 8.91. The Balaban J connectivity index is 1.32. The Hall–Kier alpha value is -2.78. The van der Waals surface area contributed by atoms with Gasteiger partial charge in [0.05, 0.1) is 11.3 Å². The van der Waals surface area contributed by atoms with Gasteiger partial charge in [-0.1, -0.05) is 27.7 Å². The van der Waals surface area contributed by atoms with Gasteiger partial charge in [0.25, 0.3) is 0 Å². The summed E-state index contributed by atoms with van der Waals surface area (Å²) in [4.78, 5) is 24.6. The third-order valence-electron chi connectivity index (χ3n) is 4.47. The molecular formula is C20H15BrN4O3S. The molecule has 146 valence electrons. The molecule has 9 heteroatoms. The maximum absolute atomic E-state index is 12.4. The molecule has 2 aromatic carbocycles. The number of hydrogen-bond donors (Lipinski definition) is 2. The predicted molar refractivity (Wildman–Crippen MR) is 116 cm³/mol. The van der Waals surface area contributed by atoms with E-state index in [-0.39, 0.29) is 11.7 Å². The highest BCUT2D eigenvalue weighted by Gasteiger charge is 2.15. The van der Waals surface area contributed by atoms with Crippen molar-refractivity contribution in [3.05, 3.63) is 47.2 Å². The van der Waals surface area contributed by atoms with Gasteiger partial charge in [0.15, 0.2) is 11.5 Å². The molecule has 0 saturated carbocycles. The van der Waals surface area contributed by atoms with Gasteiger partial charge in [-0.3, -0.25) is 4.79 Å². The van der Waals surface area contributed by atoms with Crippen LogP contribution in [-0.2, 0) is 4.79 Å². The minimum absolute atomic E-state index is 0.128. The van der Waals surface area contributed by atoms with E-state index < -0.39 is 0 Å². The fraction of sp³-hybridized carbons (Fsp3) is 0.150. The first kappa shape index (κ1) is 18.3. The predicted octanol–water partition coefficient (Wildman–Crippen LogP) is 4.38. The number of rotatable bonds is 4. The third-order valence-corrected chi connectivity index (χ3v) is 5.96. The van der Waals surface area contributed by atoms with Crippen molar-refractivity contribution >= 4 is 61.2 Å². The number of carbonyl (C=O) groups excluding carboxylic acids is 1. The summed E-state index contributed by atoms with van der Waals surface area (Å²) in [6, 6.07) is 11.4. The van der Waals surface area contributed by atoms with E-state index in [1.807, 2.05) is 18.2 Å². The number of nitrogens with zero attached hydrogens (tertiary/aromatic N) is 2. The van der Waals surface area contributed by atoms with E-state index in [0.29, 0.717) is 30.4 Å². The largest absolute Gasteiger partial charge is 0.486 e. The van der Waals surface area contributed by atoms with E-state index in [1.54, 1.807) is 18.2 Å². The van der Waals surface area contributed by atoms with E-state index in [1.165, 1.54) is 18.1 Å². The van der Waals surface area contributed by atoms with Crippen LogP contribution in [0.1, 0.15) is 0 Å². The number of aromatic nitrogens is 3. The van der Waals surface area contributed by atoms with Crippen molar-refractivity contribution in [3.8, 4) is 11.5 Å². The molecule has 0 saturated heterocycles. The maximum Gasteiger partial charge on any atom is 0.234 e. The molecule has 29 heavy (non-hydrogen) atoms. The number of H-pyrrole nitrogens is 1. The minimum atomic E-state index is -0.128. The first-order chi connectivity index (χ1) is 14.2. The molecule has 0 fully saturated rings. The summed E-state index contributed by atoms with van der Waals surface area (Å²) < 4.78 is 12.0. The summed E-state index contributed by atoms with van der Waals surface area (Å²) in [6.45, 7) is 1.04. The van der Waals surface area contributed by atoms with Crippen molar-refractivity contribution in [2.24, 2.45) is 0 Å². The van der Waals surface area contributed by atoms with Crippen LogP contribution in [0.15, 0.2) is 52.2 Å². The highest BCUT2D eigenvalue weighted by Crippen LogP contribution is 2.33. The lowest BCUT2D eigenvalue weighted by Gasteiger charge is -2.18. The second-order valence-corrected chi connectivity index (χ2v) is 8.29. The molecule has 0 spiro atoms. The average Bonchev–Trinajstić information content (AvgIpc) is 3.10. The van der Waals surface area contributed by atoms with Gasteiger partial charge < -0.3 is 19.8 Å². The number of nitrogens with one attached hydrogen (secondary N) is 2. The quantitative estimate of drug-likeness (QED) is 0.339. The third kappa shape index (κ3) is 3.63. The lowest BCUT2D eigenvalue weighted by Crippen LogP contribution is -2.17. The van der Waals surface area contributed by atoms with Crippen molar-refractivity contribution in [1.82, 2.24) is 15.0 Å². The summed E-state index contributed by atoms with van der Waals surface area (Å²) in [7, 11) is 0. The number of anilines is 1. The van der Waals surface area contributed by atoms with Crippen LogP contribution in [0, 0.1) is 0 Å². The normalized spacial score (nSPS) is 13.0. The highest BCUT2D eigenvalue weighted by atomic mass is 79.9. The Labute approximate surface area is 178 Å². The van der Waals surface area contributed by atoms with Crippen LogP contribution >= 0.6 is 27.7 Å². The van der Waals surface area contributed by atoms with Crippen molar-refractivity contribution in [2.45, 2.75) is 5.03 Å². The van der Waals surface area contributed by atoms with Crippen LogP contribution in [0.4, 0.5) is 5.69 Å². The number of ether oxygens (including phenoxy) is 2. The van der Waals surface area contributed by atoms with Crippen LogP contribution in [0.25, 0.3) is 21.9 Å². The van der Waals surface area contributed by atoms with E-state index in [4.69, 9.17) is 9.47 Å². The topological polar surface area (TPSA) is 89.1 Å². The second-order valence-electron chi connectivity index (χ2n) is 6.41. The Morgan fingerprint density at radius 3 is 2.90 bits per heavy atom. The van der Waals surface area contributed by atoms with Gasteiger partial charge in [-0.2, -0.15) is 0 Å². The van der Waals surface area contributed by atoms with Gasteiger partial charge in [0.2, 0.25) is 5.91 Å². The highest BCUT2D eigenvalue weighted by molar-refractivity contribution is 9.10. The van der Waals surface area contributed by atoms with E-state index in [0.717, 1.165) is 31.4 Å². The van der Waals surface area contributed by atoms with Crippen LogP contribution < -0.4 is 14.8 Å².